The first-order valence-electron chi connectivity index (χ1n) is 1.67. The van der Waals surface area contributed by atoms with Crippen molar-refractivity contribution in [2.45, 2.75) is 18.5 Å². The van der Waals surface area contributed by atoms with Crippen molar-refractivity contribution in [1.82, 2.24) is 0 Å². The van der Waals surface area contributed by atoms with Crippen LogP contribution in [0.5, 0.6) is 0 Å². The van der Waals surface area contributed by atoms with Crippen molar-refractivity contribution in [3.8, 4) is 0 Å². The second-order valence-corrected chi connectivity index (χ2v) is 2.71. The van der Waals surface area contributed by atoms with Gasteiger partial charge in [0.15, 0.2) is 0 Å². The predicted molar refractivity (Wildman–Crippen MR) is 36.9 cm³/mol. The van der Waals surface area contributed by atoms with Gasteiger partial charge in [0.05, 0.1) is 0 Å². The van der Waals surface area contributed by atoms with Crippen LogP contribution >= 0.6 is 33.2 Å². The van der Waals surface area contributed by atoms with E-state index in [9.17, 15) is 0 Å². The Morgan fingerprint density at radius 1 is 1.83 bits per heavy atom. The van der Waals surface area contributed by atoms with Gasteiger partial charge in [0.1, 0.15) is 0 Å². The Hall–Kier alpha value is 1.01. The summed E-state index contributed by atoms with van der Waals surface area (Å²) < 4.78 is 0. The van der Waals surface area contributed by atoms with Crippen LogP contribution in [0.3, 0.4) is 0 Å². The standard InChI is InChI=1S/C3H8ClP.ClH/c1-2-3(4)5;/h3H,2,5H2,1H3;1H. The molecule has 2 atom stereocenters. The highest BCUT2D eigenvalue weighted by Gasteiger charge is 1.83. The lowest BCUT2D eigenvalue weighted by molar-refractivity contribution is 1.05. The number of alkyl halides is 1. The minimum Gasteiger partial charge on any atom is -0.147 e. The molecule has 0 aliphatic heterocycles. The second kappa shape index (κ2) is 6.01. The topological polar surface area (TPSA) is 0 Å². The maximum Gasteiger partial charge on any atom is 0.0473 e. The molecule has 40 valence electrons. The third-order valence-electron chi connectivity index (χ3n) is 0.390. The highest BCUT2D eigenvalue weighted by molar-refractivity contribution is 7.21. The summed E-state index contributed by atoms with van der Waals surface area (Å²) in [6.07, 6.45) is 1.03. The number of halogens is 2. The molecule has 0 aromatic heterocycles. The van der Waals surface area contributed by atoms with Gasteiger partial charge in [-0.1, -0.05) is 6.92 Å². The lowest BCUT2D eigenvalue weighted by Gasteiger charge is -1.87. The van der Waals surface area contributed by atoms with E-state index in [1.54, 1.807) is 0 Å². The first kappa shape index (κ1) is 10.1. The molecule has 0 bridgehead atoms. The maximum absolute atomic E-state index is 5.43. The molecule has 0 spiro atoms. The van der Waals surface area contributed by atoms with E-state index in [0.29, 0.717) is 0 Å². The van der Waals surface area contributed by atoms with Gasteiger partial charge < -0.3 is 0 Å². The summed E-state index contributed by atoms with van der Waals surface area (Å²) >= 11 is 5.43. The van der Waals surface area contributed by atoms with Gasteiger partial charge in [0, 0.05) is 5.12 Å². The molecule has 0 saturated heterocycles. The zero-order chi connectivity index (χ0) is 4.28. The molecule has 3 heteroatoms. The molecule has 0 amide bonds. The van der Waals surface area contributed by atoms with Crippen LogP contribution in [0, 0.1) is 0 Å². The molecule has 0 saturated carbocycles. The van der Waals surface area contributed by atoms with Crippen molar-refractivity contribution in [2.24, 2.45) is 0 Å². The van der Waals surface area contributed by atoms with E-state index >= 15 is 0 Å². The van der Waals surface area contributed by atoms with Crippen LogP contribution in [-0.2, 0) is 0 Å². The third-order valence-corrected chi connectivity index (χ3v) is 1.17. The van der Waals surface area contributed by atoms with Crippen molar-refractivity contribution in [2.75, 3.05) is 0 Å². The zero-order valence-corrected chi connectivity index (χ0v) is 6.38. The van der Waals surface area contributed by atoms with E-state index in [1.165, 1.54) is 0 Å². The number of hydrogen-bond donors (Lipinski definition) is 0. The zero-order valence-electron chi connectivity index (χ0n) is 3.65. The van der Waals surface area contributed by atoms with Crippen molar-refractivity contribution >= 4 is 33.2 Å². The lowest BCUT2D eigenvalue weighted by atomic mass is 10.6. The molecule has 0 rings (SSSR count). The van der Waals surface area contributed by atoms with Crippen molar-refractivity contribution in [3.05, 3.63) is 0 Å². The van der Waals surface area contributed by atoms with Crippen LogP contribution in [0.15, 0.2) is 0 Å². The summed E-state index contributed by atoms with van der Waals surface area (Å²) in [5.41, 5.74) is 0. The first-order chi connectivity index (χ1) is 2.27. The van der Waals surface area contributed by atoms with Crippen molar-refractivity contribution in [3.63, 3.8) is 0 Å². The first-order valence-corrected chi connectivity index (χ1v) is 2.77. The van der Waals surface area contributed by atoms with Gasteiger partial charge in [0.25, 0.3) is 0 Å². The highest BCUT2D eigenvalue weighted by atomic mass is 35.5. The summed E-state index contributed by atoms with van der Waals surface area (Å²) in [4.78, 5) is 0. The van der Waals surface area contributed by atoms with Crippen LogP contribution in [0.1, 0.15) is 13.3 Å². The number of rotatable bonds is 1. The molecule has 6 heavy (non-hydrogen) atoms. The van der Waals surface area contributed by atoms with Crippen LogP contribution in [0.25, 0.3) is 0 Å². The van der Waals surface area contributed by atoms with E-state index in [4.69, 9.17) is 11.6 Å². The van der Waals surface area contributed by atoms with Gasteiger partial charge in [0.2, 0.25) is 0 Å². The Bertz CT molecular complexity index is 22.8. The molecule has 0 nitrogen and oxygen atoms in total. The Morgan fingerprint density at radius 3 is 2.00 bits per heavy atom. The van der Waals surface area contributed by atoms with E-state index in [2.05, 4.69) is 9.24 Å². The van der Waals surface area contributed by atoms with Crippen LogP contribution < -0.4 is 0 Å². The Labute approximate surface area is 52.3 Å². The molecule has 0 heterocycles. The molecule has 0 fully saturated rings. The third kappa shape index (κ3) is 8.89. The predicted octanol–water partition coefficient (Wildman–Crippen LogP) is 2.26. The molecular weight excluding hydrogens is 138 g/mol. The minimum atomic E-state index is 0. The van der Waals surface area contributed by atoms with Crippen LogP contribution in [0.4, 0.5) is 0 Å². The van der Waals surface area contributed by atoms with Gasteiger partial charge >= 0.3 is 0 Å². The average Bonchev–Trinajstić information content (AvgIpc) is 1.38. The Morgan fingerprint density at radius 2 is 2.00 bits per heavy atom. The fraction of sp³-hybridized carbons (Fsp3) is 1.00. The Kier molecular flexibility index (Phi) is 10.1. The second-order valence-electron chi connectivity index (χ2n) is 0.924. The summed E-state index contributed by atoms with van der Waals surface area (Å²) in [6.45, 7) is 2.05. The van der Waals surface area contributed by atoms with Crippen LogP contribution in [0.2, 0.25) is 0 Å². The SMILES string of the molecule is CCC(P)Cl.Cl. The van der Waals surface area contributed by atoms with E-state index in [-0.39, 0.29) is 17.5 Å². The molecular formula is C3H9Cl2P. The molecule has 0 radical (unpaired) electrons. The number of hydrogen-bond acceptors (Lipinski definition) is 0. The lowest BCUT2D eigenvalue weighted by Crippen LogP contribution is -1.74. The van der Waals surface area contributed by atoms with Crippen molar-refractivity contribution < 1.29 is 0 Å². The summed E-state index contributed by atoms with van der Waals surface area (Å²) in [6, 6.07) is 0. The molecule has 0 aliphatic carbocycles. The van der Waals surface area contributed by atoms with Gasteiger partial charge in [-0.2, -0.15) is 0 Å². The van der Waals surface area contributed by atoms with Gasteiger partial charge in [-0.3, -0.25) is 0 Å². The minimum absolute atomic E-state index is 0. The largest absolute Gasteiger partial charge is 0.147 e. The van der Waals surface area contributed by atoms with E-state index in [0.717, 1.165) is 6.42 Å². The quantitative estimate of drug-likeness (QED) is 0.394. The molecule has 0 aliphatic rings. The van der Waals surface area contributed by atoms with Gasteiger partial charge in [-0.15, -0.1) is 33.2 Å². The normalized spacial score (nSPS) is 12.5. The molecule has 0 aromatic carbocycles. The fourth-order valence-corrected chi connectivity index (χ4v) is 0. The summed E-state index contributed by atoms with van der Waals surface area (Å²) in [5.74, 6) is 0. The van der Waals surface area contributed by atoms with Gasteiger partial charge in [-0.05, 0) is 6.42 Å². The summed E-state index contributed by atoms with van der Waals surface area (Å²) in [7, 11) is 2.50. The molecule has 0 N–H and O–H groups in total. The fourth-order valence-electron chi connectivity index (χ4n) is 0. The molecule has 0 aromatic rings. The van der Waals surface area contributed by atoms with Crippen LogP contribution in [-0.4, -0.2) is 5.12 Å². The van der Waals surface area contributed by atoms with Gasteiger partial charge in [-0.25, -0.2) is 0 Å². The smallest absolute Gasteiger partial charge is 0.0473 e. The monoisotopic (exact) mass is 146 g/mol. The Balaban J connectivity index is 0. The highest BCUT2D eigenvalue weighted by Crippen LogP contribution is 2.07. The van der Waals surface area contributed by atoms with E-state index in [1.807, 2.05) is 6.92 Å². The van der Waals surface area contributed by atoms with E-state index < -0.39 is 0 Å². The average molecular weight is 147 g/mol. The molecule has 2 unspecified atom stereocenters. The van der Waals surface area contributed by atoms with Crippen molar-refractivity contribution in [1.29, 1.82) is 0 Å². The summed E-state index contributed by atoms with van der Waals surface area (Å²) in [5, 5.41) is 0.273. The maximum atomic E-state index is 5.43.